The van der Waals surface area contributed by atoms with Crippen molar-refractivity contribution in [2.75, 3.05) is 19.0 Å². The SMILES string of the molecule is COC(=O)c1cc(C)ccc1NC(=O)COC(C)C. The predicted octanol–water partition coefficient (Wildman–Crippen LogP) is 2.15. The number of esters is 1. The Morgan fingerprint density at radius 3 is 2.58 bits per heavy atom. The van der Waals surface area contributed by atoms with Gasteiger partial charge in [-0.2, -0.15) is 0 Å². The summed E-state index contributed by atoms with van der Waals surface area (Å²) in [6.07, 6.45) is -0.0242. The highest BCUT2D eigenvalue weighted by atomic mass is 16.5. The first-order chi connectivity index (χ1) is 8.93. The Bertz CT molecular complexity index is 469. The molecular weight excluding hydrogens is 246 g/mol. The highest BCUT2D eigenvalue weighted by Crippen LogP contribution is 2.18. The lowest BCUT2D eigenvalue weighted by Crippen LogP contribution is -2.22. The van der Waals surface area contributed by atoms with Gasteiger partial charge in [0.15, 0.2) is 0 Å². The largest absolute Gasteiger partial charge is 0.465 e. The number of hydrogen-bond acceptors (Lipinski definition) is 4. The summed E-state index contributed by atoms with van der Waals surface area (Å²) in [5, 5.41) is 2.64. The molecule has 0 radical (unpaired) electrons. The zero-order chi connectivity index (χ0) is 14.4. The smallest absolute Gasteiger partial charge is 0.339 e. The molecule has 0 aliphatic heterocycles. The number of carbonyl (C=O) groups is 2. The van der Waals surface area contributed by atoms with E-state index in [1.165, 1.54) is 7.11 Å². The molecule has 0 saturated heterocycles. The van der Waals surface area contributed by atoms with Gasteiger partial charge in [-0.1, -0.05) is 11.6 Å². The summed E-state index contributed by atoms with van der Waals surface area (Å²) in [5.41, 5.74) is 1.67. The molecule has 0 unspecified atom stereocenters. The van der Waals surface area contributed by atoms with E-state index < -0.39 is 5.97 Å². The second-order valence-corrected chi connectivity index (χ2v) is 4.45. The molecule has 1 rings (SSSR count). The van der Waals surface area contributed by atoms with Crippen molar-refractivity contribution in [2.45, 2.75) is 26.9 Å². The second-order valence-electron chi connectivity index (χ2n) is 4.45. The normalized spacial score (nSPS) is 10.4. The first-order valence-corrected chi connectivity index (χ1v) is 6.04. The van der Waals surface area contributed by atoms with Crippen LogP contribution in [0.2, 0.25) is 0 Å². The predicted molar refractivity (Wildman–Crippen MR) is 72.2 cm³/mol. The third-order valence-electron chi connectivity index (χ3n) is 2.40. The monoisotopic (exact) mass is 265 g/mol. The first kappa shape index (κ1) is 15.2. The minimum absolute atomic E-state index is 0.0242. The van der Waals surface area contributed by atoms with Gasteiger partial charge in [-0.15, -0.1) is 0 Å². The summed E-state index contributed by atoms with van der Waals surface area (Å²) in [6, 6.07) is 5.16. The molecule has 0 aliphatic carbocycles. The van der Waals surface area contributed by atoms with E-state index in [2.05, 4.69) is 5.32 Å². The number of amides is 1. The van der Waals surface area contributed by atoms with Gasteiger partial charge in [0, 0.05) is 0 Å². The summed E-state index contributed by atoms with van der Waals surface area (Å²) in [7, 11) is 1.30. The van der Waals surface area contributed by atoms with Gasteiger partial charge in [0.25, 0.3) is 0 Å². The van der Waals surface area contributed by atoms with Crippen LogP contribution in [-0.2, 0) is 14.3 Å². The molecule has 5 heteroatoms. The van der Waals surface area contributed by atoms with Crippen LogP contribution >= 0.6 is 0 Å². The number of nitrogens with one attached hydrogen (secondary N) is 1. The van der Waals surface area contributed by atoms with Crippen LogP contribution in [0.25, 0.3) is 0 Å². The van der Waals surface area contributed by atoms with Crippen LogP contribution in [0.5, 0.6) is 0 Å². The summed E-state index contributed by atoms with van der Waals surface area (Å²) in [6.45, 7) is 5.50. The van der Waals surface area contributed by atoms with Crippen molar-refractivity contribution >= 4 is 17.6 Å². The number of methoxy groups -OCH3 is 1. The maximum Gasteiger partial charge on any atom is 0.339 e. The maximum atomic E-state index is 11.7. The molecular formula is C14H19NO4. The highest BCUT2D eigenvalue weighted by molar-refractivity contribution is 6.01. The standard InChI is InChI=1S/C14H19NO4/c1-9(2)19-8-13(16)15-12-6-5-10(3)7-11(12)14(17)18-4/h5-7,9H,8H2,1-4H3,(H,15,16). The highest BCUT2D eigenvalue weighted by Gasteiger charge is 2.14. The van der Waals surface area contributed by atoms with Crippen LogP contribution in [0, 0.1) is 6.92 Å². The molecule has 0 aromatic heterocycles. The lowest BCUT2D eigenvalue weighted by atomic mass is 10.1. The molecule has 0 bridgehead atoms. The average Bonchev–Trinajstić information content (AvgIpc) is 2.37. The lowest BCUT2D eigenvalue weighted by Gasteiger charge is -2.12. The molecule has 5 nitrogen and oxygen atoms in total. The Balaban J connectivity index is 2.82. The number of aryl methyl sites for hydroxylation is 1. The average molecular weight is 265 g/mol. The summed E-state index contributed by atoms with van der Waals surface area (Å²) in [5.74, 6) is -0.786. The van der Waals surface area contributed by atoms with Crippen LogP contribution in [0.3, 0.4) is 0 Å². The van der Waals surface area contributed by atoms with Gasteiger partial charge in [-0.3, -0.25) is 4.79 Å². The lowest BCUT2D eigenvalue weighted by molar-refractivity contribution is -0.121. The molecule has 0 heterocycles. The van der Waals surface area contributed by atoms with E-state index in [4.69, 9.17) is 9.47 Å². The number of carbonyl (C=O) groups excluding carboxylic acids is 2. The zero-order valence-electron chi connectivity index (χ0n) is 11.6. The van der Waals surface area contributed by atoms with E-state index in [0.717, 1.165) is 5.56 Å². The number of ether oxygens (including phenoxy) is 2. The third-order valence-corrected chi connectivity index (χ3v) is 2.40. The Morgan fingerprint density at radius 2 is 2.00 bits per heavy atom. The molecule has 0 aliphatic rings. The topological polar surface area (TPSA) is 64.6 Å². The third kappa shape index (κ3) is 4.71. The van der Waals surface area contributed by atoms with Gasteiger partial charge in [0.2, 0.25) is 5.91 Å². The van der Waals surface area contributed by atoms with Gasteiger partial charge >= 0.3 is 5.97 Å². The van der Waals surface area contributed by atoms with Crippen LogP contribution in [0.15, 0.2) is 18.2 Å². The Hall–Kier alpha value is -1.88. The van der Waals surface area contributed by atoms with E-state index in [-0.39, 0.29) is 18.6 Å². The van der Waals surface area contributed by atoms with Crippen molar-refractivity contribution in [3.8, 4) is 0 Å². The number of rotatable bonds is 5. The summed E-state index contributed by atoms with van der Waals surface area (Å²) < 4.78 is 9.89. The molecule has 0 fully saturated rings. The van der Waals surface area contributed by atoms with Crippen LogP contribution in [0.4, 0.5) is 5.69 Å². The van der Waals surface area contributed by atoms with Crippen molar-refractivity contribution in [1.29, 1.82) is 0 Å². The number of anilines is 1. The summed E-state index contributed by atoms with van der Waals surface area (Å²) >= 11 is 0. The van der Waals surface area contributed by atoms with E-state index in [1.807, 2.05) is 26.8 Å². The molecule has 1 aromatic carbocycles. The van der Waals surface area contributed by atoms with E-state index in [0.29, 0.717) is 11.3 Å². The van der Waals surface area contributed by atoms with E-state index in [9.17, 15) is 9.59 Å². The van der Waals surface area contributed by atoms with Crippen molar-refractivity contribution in [3.05, 3.63) is 29.3 Å². The molecule has 19 heavy (non-hydrogen) atoms. The van der Waals surface area contributed by atoms with Gasteiger partial charge in [0.05, 0.1) is 24.5 Å². The quantitative estimate of drug-likeness (QED) is 0.828. The fourth-order valence-electron chi connectivity index (χ4n) is 1.47. The molecule has 0 atom stereocenters. The second kappa shape index (κ2) is 6.89. The van der Waals surface area contributed by atoms with Crippen molar-refractivity contribution < 1.29 is 19.1 Å². The molecule has 1 amide bonds. The number of hydrogen-bond donors (Lipinski definition) is 1. The fraction of sp³-hybridized carbons (Fsp3) is 0.429. The van der Waals surface area contributed by atoms with Crippen LogP contribution in [0.1, 0.15) is 29.8 Å². The molecule has 104 valence electrons. The number of benzene rings is 1. The van der Waals surface area contributed by atoms with Crippen molar-refractivity contribution in [3.63, 3.8) is 0 Å². The molecule has 0 saturated carbocycles. The Kier molecular flexibility index (Phi) is 5.51. The minimum Gasteiger partial charge on any atom is -0.465 e. The molecule has 1 N–H and O–H groups in total. The minimum atomic E-state index is -0.483. The first-order valence-electron chi connectivity index (χ1n) is 6.04. The van der Waals surface area contributed by atoms with Gasteiger partial charge in [-0.05, 0) is 32.9 Å². The fourth-order valence-corrected chi connectivity index (χ4v) is 1.47. The van der Waals surface area contributed by atoms with Gasteiger partial charge < -0.3 is 14.8 Å². The van der Waals surface area contributed by atoms with Gasteiger partial charge in [-0.25, -0.2) is 4.79 Å². The summed E-state index contributed by atoms with van der Waals surface area (Å²) in [4.78, 5) is 23.3. The Labute approximate surface area is 112 Å². The van der Waals surface area contributed by atoms with E-state index >= 15 is 0 Å². The van der Waals surface area contributed by atoms with Crippen molar-refractivity contribution in [2.24, 2.45) is 0 Å². The van der Waals surface area contributed by atoms with Gasteiger partial charge in [0.1, 0.15) is 6.61 Å². The Morgan fingerprint density at radius 1 is 1.32 bits per heavy atom. The molecule has 1 aromatic rings. The van der Waals surface area contributed by atoms with Crippen LogP contribution in [-0.4, -0.2) is 31.7 Å². The van der Waals surface area contributed by atoms with Crippen LogP contribution < -0.4 is 5.32 Å². The zero-order valence-corrected chi connectivity index (χ0v) is 11.6. The maximum absolute atomic E-state index is 11.7. The molecule has 0 spiro atoms. The van der Waals surface area contributed by atoms with Crippen molar-refractivity contribution in [1.82, 2.24) is 0 Å². The van der Waals surface area contributed by atoms with E-state index in [1.54, 1.807) is 12.1 Å².